The molecule has 0 aliphatic rings. The van der Waals surface area contributed by atoms with E-state index in [1.54, 1.807) is 29.2 Å². The Morgan fingerprint density at radius 3 is 2.60 bits per heavy atom. The van der Waals surface area contributed by atoms with E-state index in [1.165, 1.54) is 0 Å². The zero-order valence-corrected chi connectivity index (χ0v) is 12.0. The van der Waals surface area contributed by atoms with Crippen LogP contribution >= 0.6 is 0 Å². The van der Waals surface area contributed by atoms with Crippen molar-refractivity contribution in [2.24, 2.45) is 0 Å². The summed E-state index contributed by atoms with van der Waals surface area (Å²) in [5, 5.41) is 8.60. The lowest BCUT2D eigenvalue weighted by Crippen LogP contribution is -2.38. The molecule has 1 rings (SSSR count). The number of carbonyl (C=O) groups is 1. The van der Waals surface area contributed by atoms with E-state index in [1.807, 2.05) is 13.8 Å². The molecular weight excluding hydrogens is 254 g/mol. The number of nitriles is 1. The third kappa shape index (κ3) is 5.19. The molecule has 5 nitrogen and oxygen atoms in total. The molecule has 1 amide bonds. The van der Waals surface area contributed by atoms with E-state index in [4.69, 9.17) is 15.7 Å². The molecule has 0 heterocycles. The summed E-state index contributed by atoms with van der Waals surface area (Å²) in [6.45, 7) is 4.67. The predicted molar refractivity (Wildman–Crippen MR) is 78.0 cm³/mol. The van der Waals surface area contributed by atoms with Crippen molar-refractivity contribution < 1.29 is 9.53 Å². The van der Waals surface area contributed by atoms with Crippen molar-refractivity contribution in [3.05, 3.63) is 24.3 Å². The fraction of sp³-hybridized carbons (Fsp3) is 0.467. The fourth-order valence-electron chi connectivity index (χ4n) is 1.81. The third-order valence-electron chi connectivity index (χ3n) is 2.87. The molecule has 0 atom stereocenters. The van der Waals surface area contributed by atoms with E-state index < -0.39 is 0 Å². The molecule has 0 saturated heterocycles. The molecule has 0 unspecified atom stereocenters. The minimum atomic E-state index is 0.00527. The van der Waals surface area contributed by atoms with Crippen LogP contribution in [0.2, 0.25) is 0 Å². The van der Waals surface area contributed by atoms with Crippen LogP contribution in [-0.4, -0.2) is 30.0 Å². The normalized spacial score (nSPS) is 10.1. The van der Waals surface area contributed by atoms with Crippen molar-refractivity contribution in [3.8, 4) is 11.8 Å². The summed E-state index contributed by atoms with van der Waals surface area (Å²) in [7, 11) is 0. The first kappa shape index (κ1) is 15.8. The summed E-state index contributed by atoms with van der Waals surface area (Å²) < 4.78 is 5.50. The Morgan fingerprint density at radius 1 is 1.40 bits per heavy atom. The van der Waals surface area contributed by atoms with E-state index in [0.29, 0.717) is 37.4 Å². The summed E-state index contributed by atoms with van der Waals surface area (Å²) in [5.41, 5.74) is 6.26. The van der Waals surface area contributed by atoms with Crippen LogP contribution in [0.5, 0.6) is 5.75 Å². The average Bonchev–Trinajstić information content (AvgIpc) is 2.41. The molecule has 0 saturated carbocycles. The number of hydrogen-bond donors (Lipinski definition) is 1. The van der Waals surface area contributed by atoms with E-state index in [-0.39, 0.29) is 11.9 Å². The lowest BCUT2D eigenvalue weighted by Gasteiger charge is -2.25. The van der Waals surface area contributed by atoms with Gasteiger partial charge < -0.3 is 15.4 Å². The second-order valence-electron chi connectivity index (χ2n) is 4.76. The molecule has 0 spiro atoms. The third-order valence-corrected chi connectivity index (χ3v) is 2.87. The SMILES string of the molecule is CC(C)N(CCC#N)C(=O)CCOc1ccc(N)cc1. The summed E-state index contributed by atoms with van der Waals surface area (Å²) in [4.78, 5) is 13.8. The molecular formula is C15H21N3O2. The minimum Gasteiger partial charge on any atom is -0.493 e. The molecule has 0 fully saturated rings. The number of hydrogen-bond acceptors (Lipinski definition) is 4. The van der Waals surface area contributed by atoms with Crippen molar-refractivity contribution in [2.75, 3.05) is 18.9 Å². The Labute approximate surface area is 119 Å². The number of anilines is 1. The predicted octanol–water partition coefficient (Wildman–Crippen LogP) is 2.19. The summed E-state index contributed by atoms with van der Waals surface area (Å²) in [6, 6.07) is 9.20. The van der Waals surface area contributed by atoms with Gasteiger partial charge in [0.25, 0.3) is 0 Å². The summed E-state index contributed by atoms with van der Waals surface area (Å²) in [6.07, 6.45) is 0.650. The first-order chi connectivity index (χ1) is 9.54. The second kappa shape index (κ2) is 8.05. The van der Waals surface area contributed by atoms with Gasteiger partial charge in [0.15, 0.2) is 0 Å². The number of amides is 1. The van der Waals surface area contributed by atoms with Crippen molar-refractivity contribution in [1.29, 1.82) is 5.26 Å². The van der Waals surface area contributed by atoms with Crippen LogP contribution in [0.4, 0.5) is 5.69 Å². The van der Waals surface area contributed by atoms with E-state index >= 15 is 0 Å². The van der Waals surface area contributed by atoms with Gasteiger partial charge in [-0.05, 0) is 38.1 Å². The maximum atomic E-state index is 12.1. The molecule has 0 bridgehead atoms. The molecule has 1 aromatic rings. The number of carbonyl (C=O) groups excluding carboxylic acids is 1. The van der Waals surface area contributed by atoms with Gasteiger partial charge in [-0.3, -0.25) is 4.79 Å². The number of nitrogen functional groups attached to an aromatic ring is 1. The Morgan fingerprint density at radius 2 is 2.05 bits per heavy atom. The number of rotatable bonds is 7. The van der Waals surface area contributed by atoms with Gasteiger partial charge in [-0.2, -0.15) is 5.26 Å². The highest BCUT2D eigenvalue weighted by Crippen LogP contribution is 2.13. The maximum absolute atomic E-state index is 12.1. The number of nitrogens with zero attached hydrogens (tertiary/aromatic N) is 2. The molecule has 0 aromatic heterocycles. The quantitative estimate of drug-likeness (QED) is 0.773. The molecule has 1 aromatic carbocycles. The molecule has 20 heavy (non-hydrogen) atoms. The molecule has 0 radical (unpaired) electrons. The van der Waals surface area contributed by atoms with E-state index in [0.717, 1.165) is 0 Å². The highest BCUT2D eigenvalue weighted by molar-refractivity contribution is 5.76. The molecule has 0 aliphatic carbocycles. The smallest absolute Gasteiger partial charge is 0.226 e. The second-order valence-corrected chi connectivity index (χ2v) is 4.76. The van der Waals surface area contributed by atoms with Crippen LogP contribution in [0, 0.1) is 11.3 Å². The topological polar surface area (TPSA) is 79.3 Å². The van der Waals surface area contributed by atoms with E-state index in [9.17, 15) is 4.79 Å². The van der Waals surface area contributed by atoms with Crippen molar-refractivity contribution in [2.45, 2.75) is 32.7 Å². The van der Waals surface area contributed by atoms with Crippen LogP contribution in [0.3, 0.4) is 0 Å². The molecule has 5 heteroatoms. The zero-order valence-electron chi connectivity index (χ0n) is 12.0. The van der Waals surface area contributed by atoms with Gasteiger partial charge in [-0.1, -0.05) is 0 Å². The first-order valence-electron chi connectivity index (χ1n) is 6.69. The van der Waals surface area contributed by atoms with Crippen LogP contribution in [-0.2, 0) is 4.79 Å². The van der Waals surface area contributed by atoms with Gasteiger partial charge in [0.1, 0.15) is 5.75 Å². The Hall–Kier alpha value is -2.22. The lowest BCUT2D eigenvalue weighted by molar-refractivity contribution is -0.133. The minimum absolute atomic E-state index is 0.00527. The highest BCUT2D eigenvalue weighted by atomic mass is 16.5. The van der Waals surface area contributed by atoms with Crippen molar-refractivity contribution >= 4 is 11.6 Å². The van der Waals surface area contributed by atoms with Gasteiger partial charge in [0.2, 0.25) is 5.91 Å². The monoisotopic (exact) mass is 275 g/mol. The van der Waals surface area contributed by atoms with Crippen LogP contribution < -0.4 is 10.5 Å². The molecule has 2 N–H and O–H groups in total. The number of ether oxygens (including phenoxy) is 1. The zero-order chi connectivity index (χ0) is 15.0. The van der Waals surface area contributed by atoms with Crippen molar-refractivity contribution in [3.63, 3.8) is 0 Å². The standard InChI is InChI=1S/C15H21N3O2/c1-12(2)18(10-3-9-16)15(19)8-11-20-14-6-4-13(17)5-7-14/h4-7,12H,3,8,10-11,17H2,1-2H3. The van der Waals surface area contributed by atoms with Gasteiger partial charge >= 0.3 is 0 Å². The number of nitrogens with two attached hydrogens (primary N) is 1. The summed E-state index contributed by atoms with van der Waals surface area (Å²) in [5.74, 6) is 0.700. The van der Waals surface area contributed by atoms with Gasteiger partial charge in [0.05, 0.1) is 25.5 Å². The average molecular weight is 275 g/mol. The van der Waals surface area contributed by atoms with Crippen molar-refractivity contribution in [1.82, 2.24) is 4.90 Å². The highest BCUT2D eigenvalue weighted by Gasteiger charge is 2.16. The molecule has 108 valence electrons. The largest absolute Gasteiger partial charge is 0.493 e. The van der Waals surface area contributed by atoms with Crippen LogP contribution in [0.1, 0.15) is 26.7 Å². The van der Waals surface area contributed by atoms with Gasteiger partial charge in [0, 0.05) is 18.3 Å². The summed E-state index contributed by atoms with van der Waals surface area (Å²) >= 11 is 0. The first-order valence-corrected chi connectivity index (χ1v) is 6.69. The Bertz CT molecular complexity index is 463. The Kier molecular flexibility index (Phi) is 6.38. The van der Waals surface area contributed by atoms with Gasteiger partial charge in [-0.25, -0.2) is 0 Å². The van der Waals surface area contributed by atoms with Crippen LogP contribution in [0.15, 0.2) is 24.3 Å². The Balaban J connectivity index is 2.41. The van der Waals surface area contributed by atoms with Gasteiger partial charge in [-0.15, -0.1) is 0 Å². The van der Waals surface area contributed by atoms with Crippen LogP contribution in [0.25, 0.3) is 0 Å². The van der Waals surface area contributed by atoms with E-state index in [2.05, 4.69) is 6.07 Å². The maximum Gasteiger partial charge on any atom is 0.226 e. The lowest BCUT2D eigenvalue weighted by atomic mass is 10.2. The molecule has 0 aliphatic heterocycles. The fourth-order valence-corrected chi connectivity index (χ4v) is 1.81. The number of benzene rings is 1.